The fraction of sp³-hybridized carbons (Fsp3) is 0.700. The van der Waals surface area contributed by atoms with Crippen LogP contribution < -0.4 is 5.32 Å². The van der Waals surface area contributed by atoms with Gasteiger partial charge in [-0.3, -0.25) is 4.90 Å². The van der Waals surface area contributed by atoms with E-state index < -0.39 is 0 Å². The predicted octanol–water partition coefficient (Wildman–Crippen LogP) is 2.90. The number of nitrogens with zero attached hydrogens (tertiary/aromatic N) is 1. The molecule has 1 aliphatic heterocycles. The molecule has 1 aliphatic carbocycles. The smallest absolute Gasteiger partial charge is 0.0434 e. The Labute approximate surface area is 141 Å². The fourth-order valence-corrected chi connectivity index (χ4v) is 4.53. The van der Waals surface area contributed by atoms with Crippen LogP contribution >= 0.6 is 0 Å². The lowest BCUT2D eigenvalue weighted by molar-refractivity contribution is 0.241. The van der Waals surface area contributed by atoms with Gasteiger partial charge in [-0.15, -0.1) is 0 Å². The van der Waals surface area contributed by atoms with Gasteiger partial charge in [-0.05, 0) is 49.1 Å². The molecule has 0 bridgehead atoms. The summed E-state index contributed by atoms with van der Waals surface area (Å²) in [6.45, 7) is 7.24. The van der Waals surface area contributed by atoms with E-state index in [4.69, 9.17) is 5.11 Å². The quantitative estimate of drug-likeness (QED) is 0.774. The molecule has 1 aromatic carbocycles. The molecule has 4 unspecified atom stereocenters. The number of benzene rings is 1. The molecule has 1 aromatic rings. The summed E-state index contributed by atoms with van der Waals surface area (Å²) in [7, 11) is 0. The normalized spacial score (nSPS) is 28.9. The highest BCUT2D eigenvalue weighted by Gasteiger charge is 2.42. The van der Waals surface area contributed by atoms with Gasteiger partial charge in [0.1, 0.15) is 0 Å². The van der Waals surface area contributed by atoms with Crippen molar-refractivity contribution in [3.05, 3.63) is 35.9 Å². The minimum absolute atomic E-state index is 0.321. The maximum atomic E-state index is 9.15. The molecule has 0 spiro atoms. The van der Waals surface area contributed by atoms with Gasteiger partial charge >= 0.3 is 0 Å². The summed E-state index contributed by atoms with van der Waals surface area (Å²) in [6.07, 6.45) is 4.81. The predicted molar refractivity (Wildman–Crippen MR) is 95.2 cm³/mol. The third-order valence-electron chi connectivity index (χ3n) is 5.96. The van der Waals surface area contributed by atoms with Crippen molar-refractivity contribution in [2.45, 2.75) is 45.2 Å². The third-order valence-corrected chi connectivity index (χ3v) is 5.96. The van der Waals surface area contributed by atoms with Crippen LogP contribution in [0.25, 0.3) is 0 Å². The molecule has 1 saturated carbocycles. The Morgan fingerprint density at radius 1 is 1.22 bits per heavy atom. The summed E-state index contributed by atoms with van der Waals surface area (Å²) < 4.78 is 0. The number of aliphatic hydroxyl groups is 1. The first-order valence-corrected chi connectivity index (χ1v) is 9.40. The van der Waals surface area contributed by atoms with Crippen molar-refractivity contribution in [3.8, 4) is 0 Å². The molecular weight excluding hydrogens is 284 g/mol. The number of likely N-dealkylation sites (tertiary alicyclic amines) is 1. The SMILES string of the molecule is CCC(CCO)CNC1CCC2CN(Cc3ccccc3)CC21. The minimum Gasteiger partial charge on any atom is -0.396 e. The van der Waals surface area contributed by atoms with Crippen LogP contribution in [0.4, 0.5) is 0 Å². The molecule has 3 rings (SSSR count). The Morgan fingerprint density at radius 3 is 2.78 bits per heavy atom. The highest BCUT2D eigenvalue weighted by atomic mass is 16.3. The summed E-state index contributed by atoms with van der Waals surface area (Å²) >= 11 is 0. The lowest BCUT2D eigenvalue weighted by Crippen LogP contribution is -2.38. The van der Waals surface area contributed by atoms with Crippen LogP contribution in [0.5, 0.6) is 0 Å². The second-order valence-electron chi connectivity index (χ2n) is 7.48. The molecule has 1 saturated heterocycles. The minimum atomic E-state index is 0.321. The van der Waals surface area contributed by atoms with Crippen molar-refractivity contribution < 1.29 is 5.11 Å². The molecular formula is C20H32N2O. The molecule has 0 radical (unpaired) electrons. The van der Waals surface area contributed by atoms with Crippen molar-refractivity contribution in [1.82, 2.24) is 10.2 Å². The number of fused-ring (bicyclic) bond motifs is 1. The van der Waals surface area contributed by atoms with Crippen LogP contribution in [0.3, 0.4) is 0 Å². The number of rotatable bonds is 8. The average molecular weight is 316 g/mol. The lowest BCUT2D eigenvalue weighted by atomic mass is 9.96. The molecule has 2 fully saturated rings. The van der Waals surface area contributed by atoms with Crippen LogP contribution in [0.1, 0.15) is 38.2 Å². The molecule has 1 heterocycles. The van der Waals surface area contributed by atoms with Gasteiger partial charge in [0.05, 0.1) is 0 Å². The fourth-order valence-electron chi connectivity index (χ4n) is 4.53. The topological polar surface area (TPSA) is 35.5 Å². The lowest BCUT2D eigenvalue weighted by Gasteiger charge is -2.24. The van der Waals surface area contributed by atoms with Gasteiger partial charge in [0.15, 0.2) is 0 Å². The standard InChI is InChI=1S/C20H32N2O/c1-2-16(10-11-23)12-21-20-9-8-18-14-22(15-19(18)20)13-17-6-4-3-5-7-17/h3-7,16,18-21,23H,2,8-15H2,1H3. The van der Waals surface area contributed by atoms with E-state index in [-0.39, 0.29) is 0 Å². The van der Waals surface area contributed by atoms with Crippen molar-refractivity contribution in [3.63, 3.8) is 0 Å². The summed E-state index contributed by atoms with van der Waals surface area (Å²) in [5, 5.41) is 13.0. The maximum Gasteiger partial charge on any atom is 0.0434 e. The van der Waals surface area contributed by atoms with Gasteiger partial charge in [-0.2, -0.15) is 0 Å². The highest BCUT2D eigenvalue weighted by molar-refractivity contribution is 5.15. The van der Waals surface area contributed by atoms with Gasteiger partial charge in [-0.1, -0.05) is 43.7 Å². The molecule has 3 nitrogen and oxygen atoms in total. The van der Waals surface area contributed by atoms with Gasteiger partial charge in [0.25, 0.3) is 0 Å². The Kier molecular flexibility index (Phi) is 6.09. The number of hydrogen-bond donors (Lipinski definition) is 2. The van der Waals surface area contributed by atoms with E-state index in [1.165, 1.54) is 31.5 Å². The number of aliphatic hydroxyl groups excluding tert-OH is 1. The number of hydrogen-bond acceptors (Lipinski definition) is 3. The largest absolute Gasteiger partial charge is 0.396 e. The van der Waals surface area contributed by atoms with E-state index >= 15 is 0 Å². The molecule has 23 heavy (non-hydrogen) atoms. The van der Waals surface area contributed by atoms with Crippen molar-refractivity contribution in [2.75, 3.05) is 26.2 Å². The van der Waals surface area contributed by atoms with Crippen LogP contribution in [-0.2, 0) is 6.54 Å². The van der Waals surface area contributed by atoms with E-state index in [9.17, 15) is 0 Å². The van der Waals surface area contributed by atoms with Gasteiger partial charge < -0.3 is 10.4 Å². The van der Waals surface area contributed by atoms with Crippen molar-refractivity contribution in [1.29, 1.82) is 0 Å². The summed E-state index contributed by atoms with van der Waals surface area (Å²) in [5.41, 5.74) is 1.44. The number of nitrogens with one attached hydrogen (secondary N) is 1. The highest BCUT2D eigenvalue weighted by Crippen LogP contribution is 2.38. The van der Waals surface area contributed by atoms with Crippen LogP contribution in [0.2, 0.25) is 0 Å². The molecule has 4 atom stereocenters. The molecule has 2 N–H and O–H groups in total. The van der Waals surface area contributed by atoms with E-state index in [0.29, 0.717) is 18.6 Å². The summed E-state index contributed by atoms with van der Waals surface area (Å²) in [6, 6.07) is 11.5. The first-order valence-electron chi connectivity index (χ1n) is 9.40. The molecule has 128 valence electrons. The Morgan fingerprint density at radius 2 is 2.04 bits per heavy atom. The van der Waals surface area contributed by atoms with Crippen LogP contribution in [-0.4, -0.2) is 42.3 Å². The monoisotopic (exact) mass is 316 g/mol. The summed E-state index contributed by atoms with van der Waals surface area (Å²) in [5.74, 6) is 2.33. The Bertz CT molecular complexity index is 464. The third kappa shape index (κ3) is 4.34. The van der Waals surface area contributed by atoms with Gasteiger partial charge in [0, 0.05) is 32.3 Å². The van der Waals surface area contributed by atoms with E-state index in [1.54, 1.807) is 0 Å². The molecule has 0 aromatic heterocycles. The second kappa shape index (κ2) is 8.27. The first kappa shape index (κ1) is 16.9. The van der Waals surface area contributed by atoms with Crippen molar-refractivity contribution >= 4 is 0 Å². The van der Waals surface area contributed by atoms with Crippen LogP contribution in [0, 0.1) is 17.8 Å². The molecule has 3 heteroatoms. The van der Waals surface area contributed by atoms with E-state index in [0.717, 1.165) is 37.8 Å². The zero-order valence-electron chi connectivity index (χ0n) is 14.5. The zero-order valence-corrected chi connectivity index (χ0v) is 14.5. The summed E-state index contributed by atoms with van der Waals surface area (Å²) in [4.78, 5) is 2.64. The maximum absolute atomic E-state index is 9.15. The molecule has 2 aliphatic rings. The Hall–Kier alpha value is -0.900. The first-order chi connectivity index (χ1) is 11.3. The van der Waals surface area contributed by atoms with Crippen LogP contribution in [0.15, 0.2) is 30.3 Å². The molecule has 0 amide bonds. The van der Waals surface area contributed by atoms with E-state index in [1.807, 2.05) is 0 Å². The van der Waals surface area contributed by atoms with Crippen molar-refractivity contribution in [2.24, 2.45) is 17.8 Å². The van der Waals surface area contributed by atoms with E-state index in [2.05, 4.69) is 47.5 Å². The Balaban J connectivity index is 1.48. The second-order valence-corrected chi connectivity index (χ2v) is 7.48. The van der Waals surface area contributed by atoms with Gasteiger partial charge in [0.2, 0.25) is 0 Å². The zero-order chi connectivity index (χ0) is 16.1. The van der Waals surface area contributed by atoms with Gasteiger partial charge in [-0.25, -0.2) is 0 Å². The average Bonchev–Trinajstić information content (AvgIpc) is 3.13.